The van der Waals surface area contributed by atoms with Crippen LogP contribution in [0.3, 0.4) is 0 Å². The predicted octanol–water partition coefficient (Wildman–Crippen LogP) is -1.04. The van der Waals surface area contributed by atoms with E-state index in [0.717, 1.165) is 0 Å². The second kappa shape index (κ2) is 7.07. The monoisotopic (exact) mass is 274 g/mol. The van der Waals surface area contributed by atoms with Gasteiger partial charge in [0.2, 0.25) is 0 Å². The van der Waals surface area contributed by atoms with Crippen molar-refractivity contribution in [1.29, 1.82) is 0 Å². The molecule has 0 radical (unpaired) electrons. The first-order chi connectivity index (χ1) is 7.21. The van der Waals surface area contributed by atoms with Crippen LogP contribution in [0.15, 0.2) is 12.1 Å². The summed E-state index contributed by atoms with van der Waals surface area (Å²) in [6.45, 7) is 3.60. The van der Waals surface area contributed by atoms with Crippen molar-refractivity contribution in [3.8, 4) is 0 Å². The van der Waals surface area contributed by atoms with E-state index in [1.165, 1.54) is 0 Å². The van der Waals surface area contributed by atoms with Crippen LogP contribution in [0.5, 0.6) is 0 Å². The van der Waals surface area contributed by atoms with E-state index in [1.807, 2.05) is 25.8 Å². The summed E-state index contributed by atoms with van der Waals surface area (Å²) in [6.07, 6.45) is 0. The number of hydrogen-bond acceptors (Lipinski definition) is 2. The first-order valence-corrected chi connectivity index (χ1v) is 5.53. The van der Waals surface area contributed by atoms with Crippen molar-refractivity contribution in [2.24, 2.45) is 0 Å². The Balaban J connectivity index is 0.00000256. The standard InChI is InChI=1S/C10H19BF3N2.K/c1-8(11(12,13)14)5-16-6-9(2)15(4)10(3)7-16;/h9-10H,1,5-7H2,2-4H3;/q-1;+1. The van der Waals surface area contributed by atoms with Crippen molar-refractivity contribution < 1.29 is 64.3 Å². The zero-order chi connectivity index (χ0) is 12.5. The van der Waals surface area contributed by atoms with Crippen LogP contribution in [0, 0.1) is 0 Å². The molecular formula is C10H19BF3KN2. The summed E-state index contributed by atoms with van der Waals surface area (Å²) in [5.41, 5.74) is -0.594. The topological polar surface area (TPSA) is 6.48 Å². The van der Waals surface area contributed by atoms with Gasteiger partial charge in [-0.3, -0.25) is 9.80 Å². The molecule has 0 aromatic heterocycles. The largest absolute Gasteiger partial charge is 1.00 e. The Kier molecular flexibility index (Phi) is 7.55. The molecule has 1 fully saturated rings. The minimum atomic E-state index is -4.89. The van der Waals surface area contributed by atoms with Gasteiger partial charge in [-0.1, -0.05) is 0 Å². The van der Waals surface area contributed by atoms with Gasteiger partial charge < -0.3 is 12.9 Å². The third-order valence-electron chi connectivity index (χ3n) is 3.32. The first kappa shape index (κ1) is 18.2. The van der Waals surface area contributed by atoms with Crippen LogP contribution in [0.25, 0.3) is 0 Å². The Labute approximate surface area is 144 Å². The molecule has 7 heteroatoms. The Bertz CT molecular complexity index is 261. The third-order valence-corrected chi connectivity index (χ3v) is 3.32. The fourth-order valence-corrected chi connectivity index (χ4v) is 2.03. The Hall–Kier alpha value is 1.15. The molecule has 0 saturated carbocycles. The molecule has 1 heterocycles. The molecule has 0 aliphatic carbocycles. The van der Waals surface area contributed by atoms with Crippen LogP contribution in [0.4, 0.5) is 12.9 Å². The fourth-order valence-electron chi connectivity index (χ4n) is 2.03. The molecule has 1 rings (SSSR count). The van der Waals surface area contributed by atoms with Crippen LogP contribution in [0.2, 0.25) is 0 Å². The van der Waals surface area contributed by atoms with Gasteiger partial charge in [0.15, 0.2) is 0 Å². The normalized spacial score (nSPS) is 27.6. The number of halogens is 3. The van der Waals surface area contributed by atoms with Crippen molar-refractivity contribution in [2.45, 2.75) is 25.9 Å². The summed E-state index contributed by atoms with van der Waals surface area (Å²) in [6, 6.07) is 0.578. The van der Waals surface area contributed by atoms with Crippen molar-refractivity contribution in [3.63, 3.8) is 0 Å². The molecule has 1 saturated heterocycles. The maximum atomic E-state index is 12.4. The van der Waals surface area contributed by atoms with Gasteiger partial charge in [0.1, 0.15) is 0 Å². The van der Waals surface area contributed by atoms with E-state index < -0.39 is 12.4 Å². The average molecular weight is 274 g/mol. The molecule has 2 nitrogen and oxygen atoms in total. The van der Waals surface area contributed by atoms with E-state index in [-0.39, 0.29) is 70.0 Å². The van der Waals surface area contributed by atoms with Crippen LogP contribution >= 0.6 is 0 Å². The van der Waals surface area contributed by atoms with Crippen molar-refractivity contribution in [1.82, 2.24) is 9.80 Å². The molecular weight excluding hydrogens is 255 g/mol. The Morgan fingerprint density at radius 3 is 2.00 bits per heavy atom. The maximum Gasteiger partial charge on any atom is 1.00 e. The van der Waals surface area contributed by atoms with E-state index in [9.17, 15) is 12.9 Å². The summed E-state index contributed by atoms with van der Waals surface area (Å²) in [5, 5.41) is 0. The van der Waals surface area contributed by atoms with Crippen LogP contribution in [0.1, 0.15) is 13.8 Å². The molecule has 17 heavy (non-hydrogen) atoms. The second-order valence-electron chi connectivity index (χ2n) is 4.79. The Morgan fingerprint density at radius 2 is 1.65 bits per heavy atom. The first-order valence-electron chi connectivity index (χ1n) is 5.53. The van der Waals surface area contributed by atoms with E-state index in [0.29, 0.717) is 13.1 Å². The molecule has 0 N–H and O–H groups in total. The Morgan fingerprint density at radius 1 is 1.24 bits per heavy atom. The SMILES string of the molecule is C=C(CN1CC(C)N(C)C(C)C1)[B-](F)(F)F.[K+]. The fraction of sp³-hybridized carbons (Fsp3) is 0.800. The number of rotatable bonds is 3. The maximum absolute atomic E-state index is 12.4. The average Bonchev–Trinajstić information content (AvgIpc) is 2.12. The van der Waals surface area contributed by atoms with E-state index in [1.54, 1.807) is 0 Å². The van der Waals surface area contributed by atoms with Crippen LogP contribution in [-0.4, -0.2) is 55.5 Å². The van der Waals surface area contributed by atoms with Gasteiger partial charge in [-0.05, 0) is 27.4 Å². The van der Waals surface area contributed by atoms with Gasteiger partial charge >= 0.3 is 58.4 Å². The summed E-state index contributed by atoms with van der Waals surface area (Å²) >= 11 is 0. The number of likely N-dealkylation sites (N-methyl/N-ethyl adjacent to an activating group) is 1. The molecule has 0 aromatic rings. The number of nitrogens with zero attached hydrogens (tertiary/aromatic N) is 2. The van der Waals surface area contributed by atoms with Gasteiger partial charge in [0.05, 0.1) is 0 Å². The van der Waals surface area contributed by atoms with Crippen molar-refractivity contribution >= 4 is 6.98 Å². The summed E-state index contributed by atoms with van der Waals surface area (Å²) in [4.78, 5) is 4.03. The zero-order valence-electron chi connectivity index (χ0n) is 11.1. The summed E-state index contributed by atoms with van der Waals surface area (Å²) in [7, 11) is 2.01. The van der Waals surface area contributed by atoms with Crippen LogP contribution < -0.4 is 51.4 Å². The zero-order valence-corrected chi connectivity index (χ0v) is 14.2. The molecule has 0 aromatic carbocycles. The van der Waals surface area contributed by atoms with Gasteiger partial charge in [0.25, 0.3) is 0 Å². The predicted molar refractivity (Wildman–Crippen MR) is 61.3 cm³/mol. The summed E-state index contributed by atoms with van der Waals surface area (Å²) in [5.74, 6) is 0. The molecule has 2 unspecified atom stereocenters. The van der Waals surface area contributed by atoms with Gasteiger partial charge in [0, 0.05) is 25.2 Å². The molecule has 0 amide bonds. The van der Waals surface area contributed by atoms with Gasteiger partial charge in [-0.15, -0.1) is 12.1 Å². The van der Waals surface area contributed by atoms with E-state index in [4.69, 9.17) is 0 Å². The smallest absolute Gasteiger partial charge is 0.445 e. The van der Waals surface area contributed by atoms with Crippen molar-refractivity contribution in [3.05, 3.63) is 12.1 Å². The minimum Gasteiger partial charge on any atom is -0.445 e. The number of piperazine rings is 1. The molecule has 1 aliphatic heterocycles. The van der Waals surface area contributed by atoms with Crippen molar-refractivity contribution in [2.75, 3.05) is 26.7 Å². The number of hydrogen-bond donors (Lipinski definition) is 0. The molecule has 0 bridgehead atoms. The molecule has 2 atom stereocenters. The molecule has 1 aliphatic rings. The van der Waals surface area contributed by atoms with E-state index in [2.05, 4.69) is 11.5 Å². The van der Waals surface area contributed by atoms with Gasteiger partial charge in [-0.25, -0.2) is 0 Å². The quantitative estimate of drug-likeness (QED) is 0.607. The minimum absolute atomic E-state index is 0. The molecule has 0 spiro atoms. The third kappa shape index (κ3) is 5.34. The second-order valence-corrected chi connectivity index (χ2v) is 4.79. The van der Waals surface area contributed by atoms with Gasteiger partial charge in [-0.2, -0.15) is 0 Å². The summed E-state index contributed by atoms with van der Waals surface area (Å²) < 4.78 is 37.2. The van der Waals surface area contributed by atoms with Crippen LogP contribution in [-0.2, 0) is 0 Å². The molecule has 94 valence electrons. The van der Waals surface area contributed by atoms with E-state index >= 15 is 0 Å².